The molecule has 2 aliphatic rings. The first-order chi connectivity index (χ1) is 6.07. The Morgan fingerprint density at radius 2 is 2.23 bits per heavy atom. The molecule has 2 rings (SSSR count). The van der Waals surface area contributed by atoms with Crippen LogP contribution in [-0.4, -0.2) is 18.1 Å². The molecule has 0 amide bonds. The Balaban J connectivity index is 2.15. The molecule has 13 heavy (non-hydrogen) atoms. The molecule has 0 saturated carbocycles. The van der Waals surface area contributed by atoms with Gasteiger partial charge in [0.05, 0.1) is 6.04 Å². The maximum Gasteiger partial charge on any atom is 0.0509 e. The highest BCUT2D eigenvalue weighted by atomic mass is 15.1. The molecule has 2 heteroatoms. The summed E-state index contributed by atoms with van der Waals surface area (Å²) in [5.74, 6) is 0. The van der Waals surface area contributed by atoms with Crippen molar-refractivity contribution in [3.63, 3.8) is 0 Å². The van der Waals surface area contributed by atoms with Crippen LogP contribution in [0.1, 0.15) is 27.2 Å². The van der Waals surface area contributed by atoms with Gasteiger partial charge < -0.3 is 10.6 Å². The zero-order chi connectivity index (χ0) is 9.47. The third-order valence-corrected chi connectivity index (χ3v) is 2.73. The molecule has 0 aromatic rings. The third kappa shape index (κ3) is 1.78. The second-order valence-electron chi connectivity index (χ2n) is 4.72. The number of piperazine rings is 1. The molecule has 1 heterocycles. The van der Waals surface area contributed by atoms with E-state index in [1.807, 2.05) is 0 Å². The fourth-order valence-corrected chi connectivity index (χ4v) is 1.99. The van der Waals surface area contributed by atoms with E-state index in [9.17, 15) is 0 Å². The Hall–Kier alpha value is -0.760. The molecule has 1 aliphatic heterocycles. The van der Waals surface area contributed by atoms with Crippen LogP contribution in [0, 0.1) is 0 Å². The van der Waals surface area contributed by atoms with E-state index in [1.54, 1.807) is 0 Å². The van der Waals surface area contributed by atoms with E-state index in [0.29, 0.717) is 6.04 Å². The number of hydrogen-bond donors (Lipinski definition) is 2. The molecule has 2 nitrogen and oxygen atoms in total. The van der Waals surface area contributed by atoms with Crippen LogP contribution in [0.25, 0.3) is 0 Å². The first-order valence-corrected chi connectivity index (χ1v) is 4.97. The summed E-state index contributed by atoms with van der Waals surface area (Å²) < 4.78 is 0. The van der Waals surface area contributed by atoms with Gasteiger partial charge in [0, 0.05) is 17.8 Å². The summed E-state index contributed by atoms with van der Waals surface area (Å²) in [6.07, 6.45) is 5.66. The predicted octanol–water partition coefficient (Wildman–Crippen LogP) is 1.56. The minimum absolute atomic E-state index is 0.223. The number of hydrogen-bond acceptors (Lipinski definition) is 2. The van der Waals surface area contributed by atoms with E-state index in [-0.39, 0.29) is 5.54 Å². The highest BCUT2D eigenvalue weighted by Crippen LogP contribution is 2.21. The normalized spacial score (nSPS) is 31.2. The van der Waals surface area contributed by atoms with Gasteiger partial charge in [-0.15, -0.1) is 0 Å². The fraction of sp³-hybridized carbons (Fsp3) is 0.636. The molecule has 0 spiro atoms. The van der Waals surface area contributed by atoms with E-state index in [4.69, 9.17) is 0 Å². The van der Waals surface area contributed by atoms with Crippen molar-refractivity contribution < 1.29 is 0 Å². The lowest BCUT2D eigenvalue weighted by Crippen LogP contribution is -2.59. The van der Waals surface area contributed by atoms with Crippen LogP contribution in [0.2, 0.25) is 0 Å². The third-order valence-electron chi connectivity index (χ3n) is 2.73. The van der Waals surface area contributed by atoms with E-state index < -0.39 is 0 Å². The zero-order valence-electron chi connectivity index (χ0n) is 8.65. The quantitative estimate of drug-likeness (QED) is 0.588. The number of rotatable bonds is 0. The summed E-state index contributed by atoms with van der Waals surface area (Å²) in [6.45, 7) is 7.65. The van der Waals surface area contributed by atoms with E-state index in [0.717, 1.165) is 13.0 Å². The van der Waals surface area contributed by atoms with Crippen molar-refractivity contribution in [2.75, 3.05) is 6.54 Å². The van der Waals surface area contributed by atoms with Crippen molar-refractivity contribution in [2.45, 2.75) is 38.8 Å². The van der Waals surface area contributed by atoms with Gasteiger partial charge in [0.15, 0.2) is 0 Å². The highest BCUT2D eigenvalue weighted by molar-refractivity contribution is 5.31. The van der Waals surface area contributed by atoms with Gasteiger partial charge in [-0.2, -0.15) is 0 Å². The second-order valence-corrected chi connectivity index (χ2v) is 4.72. The summed E-state index contributed by atoms with van der Waals surface area (Å²) >= 11 is 0. The van der Waals surface area contributed by atoms with Crippen molar-refractivity contribution in [2.24, 2.45) is 0 Å². The molecule has 0 aromatic carbocycles. The van der Waals surface area contributed by atoms with Gasteiger partial charge in [0.2, 0.25) is 0 Å². The summed E-state index contributed by atoms with van der Waals surface area (Å²) in [6, 6.07) is 0.507. The van der Waals surface area contributed by atoms with E-state index in [2.05, 4.69) is 43.6 Å². The minimum Gasteiger partial charge on any atom is -0.385 e. The van der Waals surface area contributed by atoms with Crippen LogP contribution in [0.3, 0.4) is 0 Å². The first-order valence-electron chi connectivity index (χ1n) is 4.97. The van der Waals surface area contributed by atoms with Crippen LogP contribution in [0.5, 0.6) is 0 Å². The van der Waals surface area contributed by atoms with Crippen molar-refractivity contribution in [3.05, 3.63) is 23.4 Å². The lowest BCUT2D eigenvalue weighted by Gasteiger charge is -2.40. The zero-order valence-corrected chi connectivity index (χ0v) is 8.65. The maximum absolute atomic E-state index is 3.64. The van der Waals surface area contributed by atoms with E-state index in [1.165, 1.54) is 11.3 Å². The Kier molecular flexibility index (Phi) is 1.95. The topological polar surface area (TPSA) is 24.1 Å². The molecule has 0 aromatic heterocycles. The predicted molar refractivity (Wildman–Crippen MR) is 55.5 cm³/mol. The van der Waals surface area contributed by atoms with Crippen LogP contribution in [0.4, 0.5) is 0 Å². The van der Waals surface area contributed by atoms with Crippen LogP contribution < -0.4 is 10.6 Å². The lowest BCUT2D eigenvalue weighted by molar-refractivity contribution is 0.295. The van der Waals surface area contributed by atoms with Crippen LogP contribution >= 0.6 is 0 Å². The molecule has 0 radical (unpaired) electrons. The monoisotopic (exact) mass is 178 g/mol. The van der Waals surface area contributed by atoms with Gasteiger partial charge in [-0.3, -0.25) is 0 Å². The molecule has 2 N–H and O–H groups in total. The molecule has 1 fully saturated rings. The second kappa shape index (κ2) is 2.88. The molecular formula is C11H18N2. The molecule has 0 bridgehead atoms. The van der Waals surface area contributed by atoms with Gasteiger partial charge >= 0.3 is 0 Å². The maximum atomic E-state index is 3.64. The summed E-state index contributed by atoms with van der Waals surface area (Å²) in [4.78, 5) is 0. The van der Waals surface area contributed by atoms with E-state index >= 15 is 0 Å². The molecule has 1 aliphatic carbocycles. The van der Waals surface area contributed by atoms with Gasteiger partial charge in [-0.05, 0) is 33.3 Å². The van der Waals surface area contributed by atoms with Crippen molar-refractivity contribution in [1.29, 1.82) is 0 Å². The van der Waals surface area contributed by atoms with Gasteiger partial charge in [-0.25, -0.2) is 0 Å². The number of nitrogens with one attached hydrogen (secondary N) is 2. The molecule has 1 unspecified atom stereocenters. The lowest BCUT2D eigenvalue weighted by atomic mass is 9.92. The molecule has 72 valence electrons. The van der Waals surface area contributed by atoms with Crippen molar-refractivity contribution in [1.82, 2.24) is 10.6 Å². The van der Waals surface area contributed by atoms with Gasteiger partial charge in [0.25, 0.3) is 0 Å². The Bertz CT molecular complexity index is 274. The van der Waals surface area contributed by atoms with Crippen LogP contribution in [-0.2, 0) is 0 Å². The fourth-order valence-electron chi connectivity index (χ4n) is 1.99. The number of fused-ring (bicyclic) bond motifs is 1. The Labute approximate surface area is 80.1 Å². The van der Waals surface area contributed by atoms with Gasteiger partial charge in [0.1, 0.15) is 0 Å². The smallest absolute Gasteiger partial charge is 0.0509 e. The van der Waals surface area contributed by atoms with Crippen molar-refractivity contribution in [3.8, 4) is 0 Å². The average Bonchev–Trinajstić information content (AvgIpc) is 2.05. The molecular weight excluding hydrogens is 160 g/mol. The number of allylic oxidation sites excluding steroid dienone is 2. The largest absolute Gasteiger partial charge is 0.385 e. The Morgan fingerprint density at radius 3 is 3.00 bits per heavy atom. The summed E-state index contributed by atoms with van der Waals surface area (Å²) in [5.41, 5.74) is 2.96. The first kappa shape index (κ1) is 8.82. The van der Waals surface area contributed by atoms with Gasteiger partial charge in [-0.1, -0.05) is 11.6 Å². The van der Waals surface area contributed by atoms with Crippen LogP contribution in [0.15, 0.2) is 23.4 Å². The minimum atomic E-state index is 0.223. The summed E-state index contributed by atoms with van der Waals surface area (Å²) in [5, 5.41) is 7.14. The molecule has 1 atom stereocenters. The summed E-state index contributed by atoms with van der Waals surface area (Å²) in [7, 11) is 0. The van der Waals surface area contributed by atoms with Crippen molar-refractivity contribution >= 4 is 0 Å². The standard InChI is InChI=1S/C11H18N2/c1-8-4-5-9-10(6-8)12-7-11(2,3)13-9/h4,6,9,12-13H,5,7H2,1-3H3. The molecule has 1 saturated heterocycles. The highest BCUT2D eigenvalue weighted by Gasteiger charge is 2.30. The average molecular weight is 178 g/mol. The SMILES string of the molecule is CC1=CCC2NC(C)(C)CNC2=C1. The Morgan fingerprint density at radius 1 is 1.46 bits per heavy atom.